The molecule has 0 radical (unpaired) electrons. The van der Waals surface area contributed by atoms with Crippen molar-refractivity contribution in [3.8, 4) is 17.2 Å². The van der Waals surface area contributed by atoms with Crippen molar-refractivity contribution >= 4 is 39.8 Å². The summed E-state index contributed by atoms with van der Waals surface area (Å²) in [6.45, 7) is 8.19. The highest BCUT2D eigenvalue weighted by atomic mass is 32.2. The summed E-state index contributed by atoms with van der Waals surface area (Å²) in [4.78, 5) is 17.1. The number of methoxy groups -OCH3 is 2. The third-order valence-corrected chi connectivity index (χ3v) is 7.27. The van der Waals surface area contributed by atoms with Gasteiger partial charge in [0.15, 0.2) is 5.84 Å². The Morgan fingerprint density at radius 3 is 2.53 bits per heavy atom. The summed E-state index contributed by atoms with van der Waals surface area (Å²) in [6, 6.07) is 7.61. The molecule has 9 heteroatoms. The summed E-state index contributed by atoms with van der Waals surface area (Å²) in [5.74, 6) is 1.34. The number of carbonyl (C=O) groups is 1. The first-order valence-electron chi connectivity index (χ1n) is 11.2. The molecule has 0 saturated carbocycles. The van der Waals surface area contributed by atoms with Crippen LogP contribution in [0.4, 0.5) is 0 Å². The van der Waals surface area contributed by atoms with Gasteiger partial charge in [-0.2, -0.15) is 15.1 Å². The van der Waals surface area contributed by atoms with Crippen LogP contribution in [-0.2, 0) is 4.79 Å². The zero-order chi connectivity index (χ0) is 24.6. The fourth-order valence-electron chi connectivity index (χ4n) is 4.24. The fourth-order valence-corrected chi connectivity index (χ4v) is 5.40. The Hall–Kier alpha value is -3.33. The number of fused-ring (bicyclic) bond motifs is 1. The Morgan fingerprint density at radius 2 is 1.88 bits per heavy atom. The Bertz CT molecular complexity index is 1250. The average Bonchev–Trinajstić information content (AvgIpc) is 3.37. The molecule has 0 saturated heterocycles. The van der Waals surface area contributed by atoms with E-state index in [9.17, 15) is 4.79 Å². The van der Waals surface area contributed by atoms with Crippen LogP contribution in [0, 0.1) is 25.2 Å². The Kier molecular flexibility index (Phi) is 6.65. The predicted molar refractivity (Wildman–Crippen MR) is 137 cm³/mol. The van der Waals surface area contributed by atoms with Gasteiger partial charge in [-0.1, -0.05) is 13.8 Å². The van der Waals surface area contributed by atoms with Gasteiger partial charge >= 0.3 is 0 Å². The maximum Gasteiger partial charge on any atom is 0.283 e. The van der Waals surface area contributed by atoms with Crippen molar-refractivity contribution < 1.29 is 14.3 Å². The van der Waals surface area contributed by atoms with Crippen LogP contribution >= 0.6 is 11.8 Å². The first-order valence-corrected chi connectivity index (χ1v) is 12.1. The molecule has 8 nitrogen and oxygen atoms in total. The highest BCUT2D eigenvalue weighted by Gasteiger charge is 2.37. The van der Waals surface area contributed by atoms with E-state index in [4.69, 9.17) is 14.9 Å². The van der Waals surface area contributed by atoms with Crippen molar-refractivity contribution in [2.45, 2.75) is 40.5 Å². The standard InChI is InChI=1S/C25H29N5O3S/c1-7-16(8-2)24-28-30-22(26)19(23(31)27-25(30)34-24)12-17-11-14(3)29(15(17)4)20-13-18(32-5)9-10-21(20)33-6/h9-13,16,26H,7-8H2,1-6H3/b19-12+,26-22?. The second-order valence-corrected chi connectivity index (χ2v) is 9.16. The lowest BCUT2D eigenvalue weighted by molar-refractivity contribution is -0.114. The molecule has 1 amide bonds. The molecule has 2 aromatic rings. The number of amides is 1. The van der Waals surface area contributed by atoms with E-state index in [1.54, 1.807) is 20.3 Å². The van der Waals surface area contributed by atoms with Crippen molar-refractivity contribution in [3.63, 3.8) is 0 Å². The van der Waals surface area contributed by atoms with Gasteiger partial charge in [0, 0.05) is 23.4 Å². The minimum absolute atomic E-state index is 0.0484. The van der Waals surface area contributed by atoms with Gasteiger partial charge in [0.25, 0.3) is 5.91 Å². The third-order valence-electron chi connectivity index (χ3n) is 6.20. The molecule has 0 unspecified atom stereocenters. The highest BCUT2D eigenvalue weighted by molar-refractivity contribution is 8.27. The average molecular weight is 480 g/mol. The quantitative estimate of drug-likeness (QED) is 0.553. The monoisotopic (exact) mass is 479 g/mol. The van der Waals surface area contributed by atoms with Gasteiger partial charge < -0.3 is 14.0 Å². The molecule has 0 spiro atoms. The zero-order valence-corrected chi connectivity index (χ0v) is 21.1. The van der Waals surface area contributed by atoms with E-state index in [0.717, 1.165) is 40.5 Å². The number of thioether (sulfide) groups is 1. The molecule has 0 bridgehead atoms. The lowest BCUT2D eigenvalue weighted by atomic mass is 10.1. The van der Waals surface area contributed by atoms with Crippen molar-refractivity contribution in [1.82, 2.24) is 9.58 Å². The molecular weight excluding hydrogens is 450 g/mol. The van der Waals surface area contributed by atoms with Crippen LogP contribution < -0.4 is 9.47 Å². The van der Waals surface area contributed by atoms with E-state index in [1.807, 2.05) is 38.1 Å². The molecule has 1 aromatic heterocycles. The molecule has 4 rings (SSSR count). The van der Waals surface area contributed by atoms with E-state index in [2.05, 4.69) is 28.5 Å². The number of aryl methyl sites for hydroxylation is 1. The maximum absolute atomic E-state index is 12.9. The van der Waals surface area contributed by atoms with Gasteiger partial charge in [0.05, 0.1) is 25.5 Å². The van der Waals surface area contributed by atoms with E-state index in [0.29, 0.717) is 22.6 Å². The molecule has 0 aliphatic carbocycles. The van der Waals surface area contributed by atoms with E-state index in [-0.39, 0.29) is 11.4 Å². The minimum atomic E-state index is -0.423. The van der Waals surface area contributed by atoms with Crippen LogP contribution in [0.2, 0.25) is 0 Å². The lowest BCUT2D eigenvalue weighted by Gasteiger charge is -2.20. The minimum Gasteiger partial charge on any atom is -0.497 e. The number of carbonyl (C=O) groups excluding carboxylic acids is 1. The summed E-state index contributed by atoms with van der Waals surface area (Å²) in [5.41, 5.74) is 3.74. The number of benzene rings is 1. The van der Waals surface area contributed by atoms with Crippen LogP contribution in [0.25, 0.3) is 11.8 Å². The Morgan fingerprint density at radius 1 is 1.15 bits per heavy atom. The molecule has 3 heterocycles. The van der Waals surface area contributed by atoms with Crippen LogP contribution in [0.3, 0.4) is 0 Å². The number of rotatable bonds is 7. The number of aliphatic imine (C=N–C) groups is 1. The number of amidine groups is 2. The van der Waals surface area contributed by atoms with Gasteiger partial charge in [0.2, 0.25) is 5.17 Å². The molecular formula is C25H29N5O3S. The number of hydrogen-bond donors (Lipinski definition) is 1. The third kappa shape index (κ3) is 4.04. The number of nitrogens with zero attached hydrogens (tertiary/aromatic N) is 4. The fraction of sp³-hybridized carbons (Fsp3) is 0.360. The van der Waals surface area contributed by atoms with Gasteiger partial charge in [-0.15, -0.1) is 0 Å². The van der Waals surface area contributed by atoms with Crippen molar-refractivity contribution in [2.24, 2.45) is 16.0 Å². The molecule has 0 fully saturated rings. The second kappa shape index (κ2) is 9.50. The molecule has 1 N–H and O–H groups in total. The molecule has 178 valence electrons. The maximum atomic E-state index is 12.9. The first-order chi connectivity index (χ1) is 16.3. The van der Waals surface area contributed by atoms with Gasteiger partial charge in [-0.05, 0) is 68.3 Å². The summed E-state index contributed by atoms with van der Waals surface area (Å²) < 4.78 is 13.0. The predicted octanol–water partition coefficient (Wildman–Crippen LogP) is 5.17. The topological polar surface area (TPSA) is 92.3 Å². The number of aromatic nitrogens is 1. The number of ether oxygens (including phenoxy) is 2. The first kappa shape index (κ1) is 23.8. The number of hydrazone groups is 1. The van der Waals surface area contributed by atoms with E-state index < -0.39 is 5.91 Å². The van der Waals surface area contributed by atoms with Crippen molar-refractivity contribution in [1.29, 1.82) is 5.41 Å². The van der Waals surface area contributed by atoms with E-state index in [1.165, 1.54) is 16.8 Å². The number of nitrogens with one attached hydrogen (secondary N) is 1. The molecule has 2 aliphatic heterocycles. The van der Waals surface area contributed by atoms with Gasteiger partial charge in [0.1, 0.15) is 16.5 Å². The summed E-state index contributed by atoms with van der Waals surface area (Å²) in [5, 5.41) is 16.2. The largest absolute Gasteiger partial charge is 0.497 e. The lowest BCUT2D eigenvalue weighted by Crippen LogP contribution is -2.35. The Labute approximate surface area is 203 Å². The molecule has 1 aromatic carbocycles. The smallest absolute Gasteiger partial charge is 0.283 e. The highest BCUT2D eigenvalue weighted by Crippen LogP contribution is 2.35. The van der Waals surface area contributed by atoms with Crippen LogP contribution in [0.15, 0.2) is 39.9 Å². The van der Waals surface area contributed by atoms with Crippen LogP contribution in [0.5, 0.6) is 11.5 Å². The van der Waals surface area contributed by atoms with Crippen LogP contribution in [-0.4, -0.2) is 45.7 Å². The van der Waals surface area contributed by atoms with Crippen molar-refractivity contribution in [2.75, 3.05) is 14.2 Å². The van der Waals surface area contributed by atoms with Gasteiger partial charge in [-0.3, -0.25) is 10.2 Å². The van der Waals surface area contributed by atoms with Crippen molar-refractivity contribution in [3.05, 3.63) is 46.8 Å². The molecule has 2 aliphatic rings. The summed E-state index contributed by atoms with van der Waals surface area (Å²) in [6.07, 6.45) is 3.63. The summed E-state index contributed by atoms with van der Waals surface area (Å²) >= 11 is 1.39. The molecule has 34 heavy (non-hydrogen) atoms. The normalized spacial score (nSPS) is 16.8. The van der Waals surface area contributed by atoms with Crippen LogP contribution in [0.1, 0.15) is 43.6 Å². The SMILES string of the molecule is CCC(CC)C1=NN2C(=N)/C(=C\c3cc(C)n(-c4cc(OC)ccc4OC)c3C)C(=O)N=C2S1. The number of hydrogen-bond acceptors (Lipinski definition) is 6. The molecule has 0 atom stereocenters. The zero-order valence-electron chi connectivity index (χ0n) is 20.3. The summed E-state index contributed by atoms with van der Waals surface area (Å²) in [7, 11) is 3.25. The second-order valence-electron chi connectivity index (χ2n) is 8.17. The van der Waals surface area contributed by atoms with Gasteiger partial charge in [-0.25, -0.2) is 0 Å². The Balaban J connectivity index is 1.74. The van der Waals surface area contributed by atoms with E-state index >= 15 is 0 Å².